The molecule has 2 N–H and O–H groups in total. The molecular weight excluding hydrogens is 248 g/mol. The molecule has 0 bridgehead atoms. The van der Waals surface area contributed by atoms with Gasteiger partial charge in [-0.3, -0.25) is 4.79 Å². The van der Waals surface area contributed by atoms with Gasteiger partial charge in [-0.1, -0.05) is 19.0 Å². The van der Waals surface area contributed by atoms with E-state index in [0.717, 1.165) is 0 Å². The third kappa shape index (κ3) is 2.64. The van der Waals surface area contributed by atoms with Gasteiger partial charge in [0.05, 0.1) is 11.6 Å². The van der Waals surface area contributed by atoms with Gasteiger partial charge in [0, 0.05) is 6.54 Å². The lowest BCUT2D eigenvalue weighted by Crippen LogP contribution is -2.27. The molecule has 0 spiro atoms. The predicted molar refractivity (Wildman–Crippen MR) is 68.8 cm³/mol. The van der Waals surface area contributed by atoms with Gasteiger partial charge in [-0.15, -0.1) is 0 Å². The number of aliphatic carboxylic acids is 1. The van der Waals surface area contributed by atoms with E-state index in [4.69, 9.17) is 9.63 Å². The third-order valence-electron chi connectivity index (χ3n) is 3.05. The van der Waals surface area contributed by atoms with E-state index < -0.39 is 11.9 Å². The van der Waals surface area contributed by atoms with Crippen molar-refractivity contribution in [1.29, 1.82) is 0 Å². The Kier molecular flexibility index (Phi) is 3.64. The monoisotopic (exact) mass is 264 g/mol. The minimum atomic E-state index is -0.824. The summed E-state index contributed by atoms with van der Waals surface area (Å²) in [6, 6.07) is 0. The smallest absolute Gasteiger partial charge is 0.308 e. The van der Waals surface area contributed by atoms with Crippen LogP contribution in [-0.4, -0.2) is 32.7 Å². The van der Waals surface area contributed by atoms with Crippen LogP contribution >= 0.6 is 0 Å². The van der Waals surface area contributed by atoms with E-state index in [0.29, 0.717) is 29.2 Å². The topological polar surface area (TPSA) is 101 Å². The fourth-order valence-corrected chi connectivity index (χ4v) is 1.87. The zero-order chi connectivity index (χ0) is 14.0. The lowest BCUT2D eigenvalue weighted by Gasteiger charge is -2.17. The first-order valence-corrected chi connectivity index (χ1v) is 6.04. The average molecular weight is 264 g/mol. The Morgan fingerprint density at radius 3 is 2.84 bits per heavy atom. The van der Waals surface area contributed by atoms with Crippen LogP contribution in [0.3, 0.4) is 0 Å². The molecule has 1 atom stereocenters. The summed E-state index contributed by atoms with van der Waals surface area (Å²) in [5.74, 6) is -0.721. The maximum absolute atomic E-state index is 11.1. The molecule has 0 saturated carbocycles. The zero-order valence-corrected chi connectivity index (χ0v) is 11.0. The summed E-state index contributed by atoms with van der Waals surface area (Å²) in [4.78, 5) is 19.2. The van der Waals surface area contributed by atoms with Crippen molar-refractivity contribution in [2.24, 2.45) is 11.8 Å². The van der Waals surface area contributed by atoms with Crippen LogP contribution < -0.4 is 5.32 Å². The number of carboxylic acid groups (broad SMARTS) is 1. The highest BCUT2D eigenvalue weighted by Crippen LogP contribution is 2.23. The zero-order valence-electron chi connectivity index (χ0n) is 11.0. The van der Waals surface area contributed by atoms with Crippen molar-refractivity contribution in [3.63, 3.8) is 0 Å². The Labute approximate surface area is 110 Å². The van der Waals surface area contributed by atoms with Crippen molar-refractivity contribution in [2.75, 3.05) is 11.9 Å². The number of nitrogens with zero attached hydrogens (tertiary/aromatic N) is 3. The Hall–Kier alpha value is -2.18. The fraction of sp³-hybridized carbons (Fsp3) is 0.500. The summed E-state index contributed by atoms with van der Waals surface area (Å²) in [5.41, 5.74) is 1.07. The molecular formula is C12H16N4O3. The first-order valence-electron chi connectivity index (χ1n) is 6.04. The minimum absolute atomic E-state index is 0.0332. The Bertz CT molecular complexity index is 594. The maximum Gasteiger partial charge on any atom is 0.308 e. The number of carbonyl (C=O) groups is 1. The van der Waals surface area contributed by atoms with Gasteiger partial charge >= 0.3 is 5.97 Å². The molecule has 0 fully saturated rings. The summed E-state index contributed by atoms with van der Waals surface area (Å²) in [6.07, 6.45) is 1.36. The van der Waals surface area contributed by atoms with Crippen LogP contribution in [-0.2, 0) is 4.79 Å². The second-order valence-corrected chi connectivity index (χ2v) is 4.74. The minimum Gasteiger partial charge on any atom is -0.481 e. The quantitative estimate of drug-likeness (QED) is 0.847. The second-order valence-electron chi connectivity index (χ2n) is 4.74. The fourth-order valence-electron chi connectivity index (χ4n) is 1.87. The van der Waals surface area contributed by atoms with E-state index in [1.165, 1.54) is 6.33 Å². The number of rotatable bonds is 5. The number of fused-ring (bicyclic) bond motifs is 1. The summed E-state index contributed by atoms with van der Waals surface area (Å²) >= 11 is 0. The predicted octanol–water partition coefficient (Wildman–Crippen LogP) is 1.69. The first kappa shape index (κ1) is 13.3. The molecule has 0 radical (unpaired) electrons. The molecule has 2 aromatic rings. The Morgan fingerprint density at radius 2 is 2.21 bits per heavy atom. The highest BCUT2D eigenvalue weighted by molar-refractivity contribution is 5.87. The van der Waals surface area contributed by atoms with Crippen molar-refractivity contribution in [2.45, 2.75) is 20.8 Å². The first-order chi connectivity index (χ1) is 9.00. The van der Waals surface area contributed by atoms with Crippen molar-refractivity contribution in [3.8, 4) is 0 Å². The van der Waals surface area contributed by atoms with Gasteiger partial charge in [-0.2, -0.15) is 4.98 Å². The van der Waals surface area contributed by atoms with Crippen LogP contribution in [0.5, 0.6) is 0 Å². The highest BCUT2D eigenvalue weighted by atomic mass is 16.5. The van der Waals surface area contributed by atoms with Crippen molar-refractivity contribution in [3.05, 3.63) is 12.0 Å². The molecule has 0 aliphatic carbocycles. The summed E-state index contributed by atoms with van der Waals surface area (Å²) in [5, 5.41) is 16.7. The van der Waals surface area contributed by atoms with Crippen molar-refractivity contribution in [1.82, 2.24) is 15.1 Å². The number of aryl methyl sites for hydroxylation is 1. The molecule has 2 aromatic heterocycles. The van der Waals surface area contributed by atoms with Crippen LogP contribution in [0.15, 0.2) is 10.9 Å². The number of carboxylic acids is 1. The largest absolute Gasteiger partial charge is 0.481 e. The molecule has 0 aromatic carbocycles. The van der Waals surface area contributed by atoms with E-state index in [9.17, 15) is 4.79 Å². The molecule has 1 unspecified atom stereocenters. The van der Waals surface area contributed by atoms with Gasteiger partial charge in [-0.05, 0) is 12.8 Å². The van der Waals surface area contributed by atoms with E-state index in [2.05, 4.69) is 20.4 Å². The van der Waals surface area contributed by atoms with Crippen LogP contribution in [0.4, 0.5) is 5.82 Å². The van der Waals surface area contributed by atoms with Crippen LogP contribution in [0.25, 0.3) is 11.1 Å². The molecule has 0 amide bonds. The molecule has 19 heavy (non-hydrogen) atoms. The SMILES string of the molecule is Cc1noc2ncnc(NCC(C(=O)O)C(C)C)c12. The van der Waals surface area contributed by atoms with Gasteiger partial charge in [0.2, 0.25) is 0 Å². The van der Waals surface area contributed by atoms with Crippen LogP contribution in [0.1, 0.15) is 19.5 Å². The third-order valence-corrected chi connectivity index (χ3v) is 3.05. The summed E-state index contributed by atoms with van der Waals surface area (Å²) < 4.78 is 5.03. The van der Waals surface area contributed by atoms with Gasteiger partial charge in [0.1, 0.15) is 17.5 Å². The van der Waals surface area contributed by atoms with Gasteiger partial charge in [-0.25, -0.2) is 4.98 Å². The number of anilines is 1. The molecule has 0 aliphatic rings. The van der Waals surface area contributed by atoms with E-state index in [-0.39, 0.29) is 5.92 Å². The number of nitrogens with one attached hydrogen (secondary N) is 1. The average Bonchev–Trinajstić information content (AvgIpc) is 2.71. The van der Waals surface area contributed by atoms with E-state index in [1.54, 1.807) is 6.92 Å². The highest BCUT2D eigenvalue weighted by Gasteiger charge is 2.22. The molecule has 0 saturated heterocycles. The molecule has 2 heterocycles. The maximum atomic E-state index is 11.1. The number of hydrogen-bond donors (Lipinski definition) is 2. The standard InChI is InChI=1S/C12H16N4O3/c1-6(2)8(12(17)18)4-13-10-9-7(3)16-19-11(9)15-5-14-10/h5-6,8H,4H2,1-3H3,(H,17,18)(H,13,14,15). The van der Waals surface area contributed by atoms with Crippen molar-refractivity contribution < 1.29 is 14.4 Å². The Balaban J connectivity index is 2.22. The van der Waals surface area contributed by atoms with Gasteiger partial charge in [0.25, 0.3) is 5.71 Å². The molecule has 2 rings (SSSR count). The normalized spacial score (nSPS) is 12.8. The second kappa shape index (κ2) is 5.21. The lowest BCUT2D eigenvalue weighted by atomic mass is 9.96. The summed E-state index contributed by atoms with van der Waals surface area (Å²) in [7, 11) is 0. The molecule has 7 heteroatoms. The van der Waals surface area contributed by atoms with Crippen LogP contribution in [0, 0.1) is 18.8 Å². The number of hydrogen-bond acceptors (Lipinski definition) is 6. The van der Waals surface area contributed by atoms with Gasteiger partial charge < -0.3 is 14.9 Å². The Morgan fingerprint density at radius 1 is 1.47 bits per heavy atom. The van der Waals surface area contributed by atoms with Crippen LogP contribution in [0.2, 0.25) is 0 Å². The van der Waals surface area contributed by atoms with E-state index in [1.807, 2.05) is 13.8 Å². The van der Waals surface area contributed by atoms with Gasteiger partial charge in [0.15, 0.2) is 0 Å². The molecule has 102 valence electrons. The van der Waals surface area contributed by atoms with Crippen molar-refractivity contribution >= 4 is 22.9 Å². The number of aromatic nitrogens is 3. The van der Waals surface area contributed by atoms with E-state index >= 15 is 0 Å². The molecule has 7 nitrogen and oxygen atoms in total. The molecule has 0 aliphatic heterocycles. The summed E-state index contributed by atoms with van der Waals surface area (Å²) in [6.45, 7) is 5.84. The lowest BCUT2D eigenvalue weighted by molar-refractivity contribution is -0.142.